The quantitative estimate of drug-likeness (QED) is 0.0216. The van der Waals surface area contributed by atoms with Crippen LogP contribution in [0.3, 0.4) is 0 Å². The van der Waals surface area contributed by atoms with Crippen molar-refractivity contribution in [3.63, 3.8) is 0 Å². The van der Waals surface area contributed by atoms with Gasteiger partial charge in [0.1, 0.15) is 55.5 Å². The molecule has 1 fully saturated rings. The van der Waals surface area contributed by atoms with Crippen molar-refractivity contribution in [1.82, 2.24) is 58.2 Å². The van der Waals surface area contributed by atoms with Gasteiger partial charge in [0.05, 0.1) is 39.6 Å². The van der Waals surface area contributed by atoms with Crippen molar-refractivity contribution in [3.8, 4) is 0 Å². The van der Waals surface area contributed by atoms with Gasteiger partial charge in [-0.2, -0.15) is 0 Å². The highest BCUT2D eigenvalue weighted by Crippen LogP contribution is 2.21. The Balaban J connectivity index is 1.39. The minimum atomic E-state index is -1.61. The average molecular weight is 1490 g/mol. The summed E-state index contributed by atoms with van der Waals surface area (Å²) in [5.41, 5.74) is 24.6. The van der Waals surface area contributed by atoms with Crippen molar-refractivity contribution in [2.75, 3.05) is 79.0 Å². The second-order valence-electron chi connectivity index (χ2n) is 26.4. The number of amides is 12. The van der Waals surface area contributed by atoms with E-state index in [1.165, 1.54) is 51.4 Å². The van der Waals surface area contributed by atoms with E-state index in [4.69, 9.17) is 41.9 Å². The summed E-state index contributed by atoms with van der Waals surface area (Å²) >= 11 is 0. The van der Waals surface area contributed by atoms with Gasteiger partial charge in [-0.1, -0.05) is 139 Å². The molecule has 1 aliphatic rings. The van der Waals surface area contributed by atoms with E-state index in [-0.39, 0.29) is 141 Å². The summed E-state index contributed by atoms with van der Waals surface area (Å²) in [7, 11) is 0. The molecule has 106 heavy (non-hydrogen) atoms. The predicted octanol–water partition coefficient (Wildman–Crippen LogP) is 1.42. The van der Waals surface area contributed by atoms with E-state index in [1.54, 1.807) is 42.6 Å². The number of aromatic nitrogens is 1. The van der Waals surface area contributed by atoms with Crippen LogP contribution in [0.5, 0.6) is 0 Å². The number of nitrogens with zero attached hydrogens (tertiary/aromatic N) is 1. The Morgan fingerprint density at radius 1 is 0.547 bits per heavy atom. The first kappa shape index (κ1) is 89.1. The molecule has 4 rings (SSSR count). The number of benzene rings is 2. The van der Waals surface area contributed by atoms with Gasteiger partial charge in [-0.3, -0.25) is 62.5 Å². The molecule has 32 nitrogen and oxygen atoms in total. The normalized spacial score (nSPS) is 18.4. The number of rotatable bonds is 46. The number of fused-ring (bicyclic) bond motifs is 1. The van der Waals surface area contributed by atoms with Crippen molar-refractivity contribution >= 4 is 87.7 Å². The molecule has 2 aromatic carbocycles. The summed E-state index contributed by atoms with van der Waals surface area (Å²) in [5, 5.41) is 27.8. The molecule has 0 saturated carbocycles. The lowest BCUT2D eigenvalue weighted by molar-refractivity contribution is -0.136. The maximum Gasteiger partial charge on any atom is 0.246 e. The van der Waals surface area contributed by atoms with Gasteiger partial charge in [0, 0.05) is 75.4 Å². The molecule has 0 radical (unpaired) electrons. The van der Waals surface area contributed by atoms with E-state index in [1.807, 2.05) is 25.1 Å². The molecule has 0 aliphatic carbocycles. The Hall–Kier alpha value is -9.27. The van der Waals surface area contributed by atoms with Crippen LogP contribution in [0.25, 0.3) is 10.9 Å². The topological polar surface area (TPSA) is 494 Å². The van der Waals surface area contributed by atoms with E-state index in [0.717, 1.165) is 30.2 Å². The van der Waals surface area contributed by atoms with Gasteiger partial charge >= 0.3 is 0 Å². The number of aromatic amines is 1. The second-order valence-corrected chi connectivity index (χ2v) is 26.4. The first-order valence-corrected chi connectivity index (χ1v) is 37.6. The number of carbonyl (C=O) groups is 12. The Morgan fingerprint density at radius 3 is 1.75 bits per heavy atom. The summed E-state index contributed by atoms with van der Waals surface area (Å²) in [5.74, 6) is -8.86. The van der Waals surface area contributed by atoms with Gasteiger partial charge in [0.2, 0.25) is 70.9 Å². The van der Waals surface area contributed by atoms with Crippen LogP contribution in [-0.4, -0.2) is 203 Å². The molecule has 7 atom stereocenters. The number of unbranched alkanes of at least 4 members (excludes halogenated alkanes) is 11. The minimum absolute atomic E-state index is 0.0101. The number of hydrogen-bond acceptors (Lipinski definition) is 17. The van der Waals surface area contributed by atoms with E-state index < -0.39 is 121 Å². The second kappa shape index (κ2) is 53.5. The monoisotopic (exact) mass is 1490 g/mol. The van der Waals surface area contributed by atoms with Crippen LogP contribution < -0.4 is 76.1 Å². The van der Waals surface area contributed by atoms with E-state index in [9.17, 15) is 57.5 Å². The molecule has 0 unspecified atom stereocenters. The molecule has 0 bridgehead atoms. The van der Waals surface area contributed by atoms with Crippen LogP contribution in [-0.2, 0) is 89.3 Å². The molecule has 1 aromatic heterocycles. The molecular formula is C74H118N16O16. The van der Waals surface area contributed by atoms with Gasteiger partial charge in [-0.15, -0.1) is 0 Å². The van der Waals surface area contributed by atoms with Crippen LogP contribution in [0.2, 0.25) is 0 Å². The highest BCUT2D eigenvalue weighted by Gasteiger charge is 2.35. The largest absolute Gasteiger partial charge is 0.377 e. The standard InChI is InChI=1S/C74H118N16O16/c1-3-5-7-8-9-10-11-12-13-14-18-31-63(92)80-38-40-103-42-44-105-49-65(94)81-39-41-104-43-45-106-50-66(95)84-56(27-6-4-2)68(97)88-59-33-35-64(93)79-36-22-21-29-55(67(76)96)85-73(102)61(47-52-48-83-54-28-20-19-26-53(52)54)90-69(98)57(30-23-37-82-74(77)78)86-72(101)60(46-51-24-16-15-17-25-51)89-71(100)58(87-70(59)99)32-34-62(75)91/h15-17,19-20,24-26,28,48,55-61,83H,3-14,18,21-23,27,29-47,49-50H2,1-2H3,(H2,75,91)(H2,76,96)(H,79,93)(H,80,92)(H,81,94)(H,84,95)(H,85,102)(H,86,101)(H,87,99)(H,88,97)(H,89,100)(H,90,98)(H4,77,78,82)/t55-,56-,57-,58-,59-,60+,61-/m0/s1. The van der Waals surface area contributed by atoms with Crippen molar-refractivity contribution in [3.05, 3.63) is 71.9 Å². The van der Waals surface area contributed by atoms with Gasteiger partial charge in [0.15, 0.2) is 5.96 Å². The van der Waals surface area contributed by atoms with Crippen molar-refractivity contribution in [2.45, 2.75) is 223 Å². The van der Waals surface area contributed by atoms with E-state index >= 15 is 0 Å². The molecule has 2 heterocycles. The maximum absolute atomic E-state index is 14.8. The summed E-state index contributed by atoms with van der Waals surface area (Å²) in [4.78, 5) is 171. The SMILES string of the molecule is CCCCCCCCCCCCCC(=O)NCCOCCOCC(=O)NCCOCCOCC(=O)N[C@@H](CCCC)C(=O)N[C@H]1CCC(=O)NCCCC[C@@H](C(N)=O)NC(=O)[C@H](Cc2c[nH]c3ccccc23)NC(=O)[C@H](CCCN=C(N)N)NC(=O)[C@@H](Cc2ccccc2)NC(=O)[C@H](CCC(N)=O)NC1=O. The molecule has 3 aromatic rings. The highest BCUT2D eigenvalue weighted by atomic mass is 16.5. The predicted molar refractivity (Wildman–Crippen MR) is 399 cm³/mol. The zero-order valence-corrected chi connectivity index (χ0v) is 62.0. The molecule has 590 valence electrons. The summed E-state index contributed by atoms with van der Waals surface area (Å²) in [6.45, 7) is 4.92. The number of primary amides is 2. The fraction of sp³-hybridized carbons (Fsp3) is 0.635. The Bertz CT molecular complexity index is 3210. The molecular weight excluding hydrogens is 1370 g/mol. The number of guanidine groups is 1. The van der Waals surface area contributed by atoms with Crippen molar-refractivity contribution < 1.29 is 76.5 Å². The Labute approximate surface area is 621 Å². The smallest absolute Gasteiger partial charge is 0.246 e. The van der Waals surface area contributed by atoms with Gasteiger partial charge in [0.25, 0.3) is 0 Å². The zero-order valence-electron chi connectivity index (χ0n) is 62.0. The number of aliphatic imine (C=N–C) groups is 1. The van der Waals surface area contributed by atoms with Crippen LogP contribution in [0.4, 0.5) is 0 Å². The first-order chi connectivity index (χ1) is 51.2. The van der Waals surface area contributed by atoms with Gasteiger partial charge in [-0.05, 0) is 75.0 Å². The summed E-state index contributed by atoms with van der Waals surface area (Å²) in [6, 6.07) is 5.84. The molecule has 1 aliphatic heterocycles. The number of H-pyrrole nitrogens is 1. The average Bonchev–Trinajstić information content (AvgIpc) is 1.65. The number of hydrogen-bond donors (Lipinski definition) is 15. The van der Waals surface area contributed by atoms with Gasteiger partial charge < -0.3 is 100 Å². The van der Waals surface area contributed by atoms with Crippen molar-refractivity contribution in [1.29, 1.82) is 0 Å². The number of nitrogens with one attached hydrogen (secondary N) is 11. The van der Waals surface area contributed by atoms with Crippen molar-refractivity contribution in [2.24, 2.45) is 27.9 Å². The molecule has 12 amide bonds. The molecule has 32 heteroatoms. The van der Waals surface area contributed by atoms with E-state index in [0.29, 0.717) is 43.5 Å². The fourth-order valence-corrected chi connectivity index (χ4v) is 11.7. The lowest BCUT2D eigenvalue weighted by atomic mass is 10.0. The number of nitrogens with two attached hydrogens (primary N) is 4. The molecule has 1 saturated heterocycles. The van der Waals surface area contributed by atoms with Crippen LogP contribution in [0, 0.1) is 0 Å². The third-order valence-corrected chi connectivity index (χ3v) is 17.6. The lowest BCUT2D eigenvalue weighted by Crippen LogP contribution is -2.60. The number of carbonyl (C=O) groups excluding carboxylic acids is 12. The Morgan fingerprint density at radius 2 is 1.10 bits per heavy atom. The fourth-order valence-electron chi connectivity index (χ4n) is 11.7. The van der Waals surface area contributed by atoms with Crippen LogP contribution in [0.1, 0.15) is 179 Å². The molecule has 19 N–H and O–H groups in total. The molecule has 0 spiro atoms. The summed E-state index contributed by atoms with van der Waals surface area (Å²) in [6.07, 6.45) is 15.5. The van der Waals surface area contributed by atoms with Gasteiger partial charge in [-0.25, -0.2) is 0 Å². The number of ether oxygens (including phenoxy) is 4. The number of para-hydroxylation sites is 1. The highest BCUT2D eigenvalue weighted by molar-refractivity contribution is 5.98. The lowest BCUT2D eigenvalue weighted by Gasteiger charge is -2.28. The summed E-state index contributed by atoms with van der Waals surface area (Å²) < 4.78 is 22.0. The third-order valence-electron chi connectivity index (χ3n) is 17.6. The van der Waals surface area contributed by atoms with Crippen LogP contribution >= 0.6 is 0 Å². The minimum Gasteiger partial charge on any atom is -0.377 e. The van der Waals surface area contributed by atoms with E-state index in [2.05, 4.69) is 70.1 Å². The Kier molecular flexibility index (Phi) is 45.0. The van der Waals surface area contributed by atoms with Crippen LogP contribution in [0.15, 0.2) is 65.8 Å². The first-order valence-electron chi connectivity index (χ1n) is 37.6. The third kappa shape index (κ3) is 38.7. The maximum atomic E-state index is 14.8. The zero-order chi connectivity index (χ0) is 77.1.